The van der Waals surface area contributed by atoms with Crippen molar-refractivity contribution in [1.82, 2.24) is 0 Å². The molecule has 4 heteroatoms. The largest absolute Gasteiger partial charge is 0.455 e. The van der Waals surface area contributed by atoms with Gasteiger partial charge in [0.25, 0.3) is 0 Å². The Morgan fingerprint density at radius 2 is 1.84 bits per heavy atom. The molecule has 3 nitrogen and oxygen atoms in total. The van der Waals surface area contributed by atoms with Crippen molar-refractivity contribution in [2.75, 3.05) is 0 Å². The van der Waals surface area contributed by atoms with Gasteiger partial charge in [-0.3, -0.25) is 0 Å². The fourth-order valence-corrected chi connectivity index (χ4v) is 3.28. The Balaban J connectivity index is 2.13. The Morgan fingerprint density at radius 3 is 2.60 bits per heavy atom. The van der Waals surface area contributed by atoms with Gasteiger partial charge in [-0.15, -0.1) is 0 Å². The molecule has 0 bridgehead atoms. The Labute approximate surface area is 144 Å². The standard InChI is InChI=1S/C21H16FN2O/c1-12-5-7-15-16-10-14(23-3)6-8-19(16)25-21(15)20(12)18-9-13(2)17(22)11-24(18)4/h5-11H,1-2,4H3/q+1. The van der Waals surface area contributed by atoms with E-state index in [1.807, 2.05) is 44.3 Å². The number of nitrogens with zero attached hydrogens (tertiary/aromatic N) is 2. The first-order valence-electron chi connectivity index (χ1n) is 7.99. The number of pyridine rings is 1. The summed E-state index contributed by atoms with van der Waals surface area (Å²) in [5.41, 5.74) is 5.58. The molecule has 4 aromatic rings. The lowest BCUT2D eigenvalue weighted by molar-refractivity contribution is -0.662. The number of benzene rings is 2. The summed E-state index contributed by atoms with van der Waals surface area (Å²) < 4.78 is 21.8. The third-order valence-electron chi connectivity index (χ3n) is 4.63. The van der Waals surface area contributed by atoms with Gasteiger partial charge in [0.05, 0.1) is 12.1 Å². The Hall–Kier alpha value is -3.19. The van der Waals surface area contributed by atoms with Crippen LogP contribution in [0.2, 0.25) is 0 Å². The maximum absolute atomic E-state index is 13.9. The van der Waals surface area contributed by atoms with Gasteiger partial charge in [-0.05, 0) is 37.1 Å². The molecule has 25 heavy (non-hydrogen) atoms. The second kappa shape index (κ2) is 5.42. The molecule has 0 N–H and O–H groups in total. The summed E-state index contributed by atoms with van der Waals surface area (Å²) in [7, 11) is 1.83. The molecule has 0 unspecified atom stereocenters. The number of aromatic nitrogens is 1. The van der Waals surface area contributed by atoms with E-state index in [0.29, 0.717) is 11.3 Å². The second-order valence-corrected chi connectivity index (χ2v) is 6.33. The summed E-state index contributed by atoms with van der Waals surface area (Å²) in [6.45, 7) is 11.0. The van der Waals surface area contributed by atoms with Crippen LogP contribution in [0.3, 0.4) is 0 Å². The highest BCUT2D eigenvalue weighted by molar-refractivity contribution is 6.10. The highest BCUT2D eigenvalue weighted by Gasteiger charge is 2.22. The number of furan rings is 1. The van der Waals surface area contributed by atoms with Gasteiger partial charge >= 0.3 is 0 Å². The van der Waals surface area contributed by atoms with Crippen LogP contribution in [-0.2, 0) is 7.05 Å². The van der Waals surface area contributed by atoms with Gasteiger partial charge in [-0.25, -0.2) is 9.24 Å². The quantitative estimate of drug-likeness (QED) is 0.339. The zero-order chi connectivity index (χ0) is 17.7. The number of hydrogen-bond acceptors (Lipinski definition) is 1. The summed E-state index contributed by atoms with van der Waals surface area (Å²) in [6, 6.07) is 11.3. The number of hydrogen-bond donors (Lipinski definition) is 0. The molecule has 0 saturated carbocycles. The summed E-state index contributed by atoms with van der Waals surface area (Å²) in [6.07, 6.45) is 1.49. The molecule has 0 atom stereocenters. The molecule has 0 amide bonds. The average molecular weight is 331 g/mol. The molecular formula is C21H16FN2O+. The van der Waals surface area contributed by atoms with Gasteiger partial charge in [0, 0.05) is 16.8 Å². The molecule has 0 aliphatic rings. The molecule has 0 aliphatic heterocycles. The van der Waals surface area contributed by atoms with E-state index in [9.17, 15) is 4.39 Å². The first kappa shape index (κ1) is 15.3. The highest BCUT2D eigenvalue weighted by Crippen LogP contribution is 2.38. The molecule has 4 rings (SSSR count). The minimum Gasteiger partial charge on any atom is -0.455 e. The van der Waals surface area contributed by atoms with Crippen molar-refractivity contribution in [3.05, 3.63) is 71.0 Å². The zero-order valence-corrected chi connectivity index (χ0v) is 14.2. The lowest BCUT2D eigenvalue weighted by Crippen LogP contribution is -2.31. The lowest BCUT2D eigenvalue weighted by atomic mass is 9.99. The normalized spacial score (nSPS) is 11.2. The van der Waals surface area contributed by atoms with Crippen molar-refractivity contribution in [2.45, 2.75) is 13.8 Å². The number of fused-ring (bicyclic) bond motifs is 3. The van der Waals surface area contributed by atoms with Gasteiger partial charge in [-0.1, -0.05) is 18.2 Å². The van der Waals surface area contributed by atoms with E-state index >= 15 is 0 Å². The van der Waals surface area contributed by atoms with Crippen molar-refractivity contribution in [1.29, 1.82) is 0 Å². The molecule has 122 valence electrons. The van der Waals surface area contributed by atoms with Gasteiger partial charge < -0.3 is 4.42 Å². The fourth-order valence-electron chi connectivity index (χ4n) is 3.28. The Bertz CT molecular complexity index is 1200. The van der Waals surface area contributed by atoms with E-state index in [1.54, 1.807) is 17.6 Å². The molecule has 0 saturated heterocycles. The van der Waals surface area contributed by atoms with Crippen LogP contribution in [0.5, 0.6) is 0 Å². The summed E-state index contributed by atoms with van der Waals surface area (Å²) in [5, 5.41) is 1.88. The van der Waals surface area contributed by atoms with Gasteiger partial charge in [0.1, 0.15) is 18.2 Å². The molecule has 0 spiro atoms. The lowest BCUT2D eigenvalue weighted by Gasteiger charge is -2.06. The zero-order valence-electron chi connectivity index (χ0n) is 14.2. The first-order chi connectivity index (χ1) is 12.0. The smallest absolute Gasteiger partial charge is 0.216 e. The van der Waals surface area contributed by atoms with Crippen LogP contribution < -0.4 is 4.57 Å². The van der Waals surface area contributed by atoms with E-state index in [-0.39, 0.29) is 5.82 Å². The van der Waals surface area contributed by atoms with E-state index in [0.717, 1.165) is 38.8 Å². The highest BCUT2D eigenvalue weighted by atomic mass is 19.1. The number of halogens is 1. The second-order valence-electron chi connectivity index (χ2n) is 6.33. The topological polar surface area (TPSA) is 21.4 Å². The molecule has 0 radical (unpaired) electrons. The summed E-state index contributed by atoms with van der Waals surface area (Å²) in [5.74, 6) is -0.234. The SMILES string of the molecule is [C-]#[N+]c1ccc2oc3c(-c4cc(C)c(F)c[n+]4C)c(C)ccc3c2c1. The van der Waals surface area contributed by atoms with Crippen LogP contribution in [0.15, 0.2) is 47.0 Å². The molecule has 2 aromatic heterocycles. The molecule has 0 aliphatic carbocycles. The maximum atomic E-state index is 13.9. The van der Waals surface area contributed by atoms with E-state index in [4.69, 9.17) is 11.0 Å². The van der Waals surface area contributed by atoms with Crippen LogP contribution in [0.4, 0.5) is 10.1 Å². The van der Waals surface area contributed by atoms with Crippen LogP contribution in [0, 0.1) is 26.2 Å². The van der Waals surface area contributed by atoms with E-state index in [1.165, 1.54) is 6.20 Å². The first-order valence-corrected chi connectivity index (χ1v) is 7.99. The van der Waals surface area contributed by atoms with Gasteiger partial charge in [0.15, 0.2) is 11.5 Å². The number of aryl methyl sites for hydroxylation is 3. The van der Waals surface area contributed by atoms with Gasteiger partial charge in [0.2, 0.25) is 11.9 Å². The summed E-state index contributed by atoms with van der Waals surface area (Å²) in [4.78, 5) is 3.50. The third-order valence-corrected chi connectivity index (χ3v) is 4.63. The van der Waals surface area contributed by atoms with Crippen molar-refractivity contribution in [2.24, 2.45) is 7.05 Å². The van der Waals surface area contributed by atoms with E-state index < -0.39 is 0 Å². The summed E-state index contributed by atoms with van der Waals surface area (Å²) >= 11 is 0. The minimum atomic E-state index is -0.234. The predicted molar refractivity (Wildman–Crippen MR) is 96.0 cm³/mol. The van der Waals surface area contributed by atoms with Crippen molar-refractivity contribution in [3.63, 3.8) is 0 Å². The predicted octanol–water partition coefficient (Wildman–Crippen LogP) is 5.38. The van der Waals surface area contributed by atoms with Crippen LogP contribution in [0.1, 0.15) is 11.1 Å². The van der Waals surface area contributed by atoms with Crippen molar-refractivity contribution in [3.8, 4) is 11.3 Å². The number of rotatable bonds is 1. The maximum Gasteiger partial charge on any atom is 0.216 e. The Morgan fingerprint density at radius 1 is 1.04 bits per heavy atom. The molecule has 2 aromatic carbocycles. The molecular weight excluding hydrogens is 315 g/mol. The fraction of sp³-hybridized carbons (Fsp3) is 0.143. The van der Waals surface area contributed by atoms with Crippen LogP contribution >= 0.6 is 0 Å². The minimum absolute atomic E-state index is 0.234. The Kier molecular flexibility index (Phi) is 3.33. The monoisotopic (exact) mass is 331 g/mol. The van der Waals surface area contributed by atoms with Crippen molar-refractivity contribution >= 4 is 27.6 Å². The van der Waals surface area contributed by atoms with Crippen LogP contribution in [-0.4, -0.2) is 0 Å². The average Bonchev–Trinajstić information content (AvgIpc) is 2.96. The molecule has 2 heterocycles. The molecule has 0 fully saturated rings. The van der Waals surface area contributed by atoms with Gasteiger partial charge in [-0.2, -0.15) is 4.57 Å². The van der Waals surface area contributed by atoms with Crippen molar-refractivity contribution < 1.29 is 13.4 Å². The van der Waals surface area contributed by atoms with Crippen LogP contribution in [0.25, 0.3) is 38.0 Å². The van der Waals surface area contributed by atoms with E-state index in [2.05, 4.69) is 4.85 Å². The third kappa shape index (κ3) is 2.28.